The van der Waals surface area contributed by atoms with Gasteiger partial charge in [0.25, 0.3) is 0 Å². The van der Waals surface area contributed by atoms with E-state index in [0.717, 1.165) is 5.57 Å². The molecule has 1 spiro atoms. The third kappa shape index (κ3) is 1.99. The highest BCUT2D eigenvalue weighted by atomic mass is 32.2. The van der Waals surface area contributed by atoms with Crippen molar-refractivity contribution in [1.82, 2.24) is 0 Å². The zero-order valence-electron chi connectivity index (χ0n) is 16.3. The monoisotopic (exact) mass is 408 g/mol. The summed E-state index contributed by atoms with van der Waals surface area (Å²) in [5.41, 5.74) is -3.18. The van der Waals surface area contributed by atoms with Crippen molar-refractivity contribution in [3.8, 4) is 0 Å². The lowest BCUT2D eigenvalue weighted by Crippen LogP contribution is -2.64. The van der Waals surface area contributed by atoms with Gasteiger partial charge >= 0.3 is 11.9 Å². The van der Waals surface area contributed by atoms with E-state index in [-0.39, 0.29) is 17.6 Å². The topological polar surface area (TPSA) is 102 Å². The van der Waals surface area contributed by atoms with Gasteiger partial charge in [-0.2, -0.15) is 0 Å². The van der Waals surface area contributed by atoms with E-state index in [4.69, 9.17) is 14.2 Å². The third-order valence-electron chi connectivity index (χ3n) is 7.32. The first-order chi connectivity index (χ1) is 13.0. The van der Waals surface area contributed by atoms with Crippen LogP contribution in [0.3, 0.4) is 0 Å². The van der Waals surface area contributed by atoms with Gasteiger partial charge in [0.2, 0.25) is 0 Å². The Bertz CT molecular complexity index is 891. The Kier molecular flexibility index (Phi) is 3.40. The number of epoxide rings is 1. The van der Waals surface area contributed by atoms with Crippen molar-refractivity contribution in [3.63, 3.8) is 0 Å². The molecule has 8 heteroatoms. The zero-order valence-corrected chi connectivity index (χ0v) is 17.1. The molecule has 2 aliphatic carbocycles. The maximum atomic E-state index is 12.7. The van der Waals surface area contributed by atoms with E-state index in [9.17, 15) is 18.9 Å². The average Bonchev–Trinajstić information content (AvgIpc) is 3.22. The van der Waals surface area contributed by atoms with Gasteiger partial charge in [0.15, 0.2) is 11.7 Å². The molecule has 1 saturated carbocycles. The smallest absolute Gasteiger partial charge is 0.331 e. The van der Waals surface area contributed by atoms with Crippen molar-refractivity contribution in [2.24, 2.45) is 16.7 Å². The van der Waals surface area contributed by atoms with Crippen LogP contribution in [0.1, 0.15) is 27.2 Å². The van der Waals surface area contributed by atoms with Gasteiger partial charge in [0.05, 0.1) is 11.2 Å². The van der Waals surface area contributed by atoms with E-state index < -0.39 is 57.1 Å². The van der Waals surface area contributed by atoms with E-state index in [2.05, 4.69) is 0 Å². The predicted octanol–water partition coefficient (Wildman–Crippen LogP) is 0.633. The summed E-state index contributed by atoms with van der Waals surface area (Å²) in [7, 11) is -1.31. The van der Waals surface area contributed by atoms with Crippen LogP contribution < -0.4 is 0 Å². The highest BCUT2D eigenvalue weighted by Gasteiger charge is 2.83. The molecule has 9 atom stereocenters. The van der Waals surface area contributed by atoms with Crippen LogP contribution in [0.15, 0.2) is 23.8 Å². The fourth-order valence-electron chi connectivity index (χ4n) is 6.38. The maximum absolute atomic E-state index is 12.7. The van der Waals surface area contributed by atoms with Gasteiger partial charge in [-0.05, 0) is 25.8 Å². The van der Waals surface area contributed by atoms with Gasteiger partial charge in [0, 0.05) is 34.5 Å². The Morgan fingerprint density at radius 1 is 1.32 bits per heavy atom. The van der Waals surface area contributed by atoms with E-state index in [1.165, 1.54) is 19.3 Å². The summed E-state index contributed by atoms with van der Waals surface area (Å²) in [6.07, 6.45) is 5.47. The summed E-state index contributed by atoms with van der Waals surface area (Å²) < 4.78 is 29.4. The van der Waals surface area contributed by atoms with Crippen LogP contribution in [0.5, 0.6) is 0 Å². The fraction of sp³-hybridized carbons (Fsp3) is 0.700. The van der Waals surface area contributed by atoms with Crippen molar-refractivity contribution in [2.75, 3.05) is 12.0 Å². The number of ether oxygens (including phenoxy) is 3. The molecule has 0 aromatic heterocycles. The van der Waals surface area contributed by atoms with Crippen LogP contribution >= 0.6 is 0 Å². The molecule has 2 saturated heterocycles. The number of allylic oxidation sites excluding steroid dienone is 1. The normalized spacial score (nSPS) is 51.0. The van der Waals surface area contributed by atoms with Crippen molar-refractivity contribution < 1.29 is 33.1 Å². The standard InChI is InChI=1S/C20H24O7S/c1-17-6-5-7-18(2)13(17)12(26-16(18)22)14-20(27-14)10(17)8-11(21)25-15(20)19(3,23)9-28(4)24/h5,7-8,12-15,23H,6,9H2,1-4H3/t12-,13+,14+,15-,17+,18-,19-,20-,28+/m0/s1. The molecule has 0 bridgehead atoms. The van der Waals surface area contributed by atoms with Crippen LogP contribution in [0.4, 0.5) is 0 Å². The van der Waals surface area contributed by atoms with Gasteiger partial charge in [-0.3, -0.25) is 9.00 Å². The second-order valence-corrected chi connectivity index (χ2v) is 10.9. The van der Waals surface area contributed by atoms with Crippen LogP contribution in [0, 0.1) is 16.7 Å². The molecule has 0 aromatic carbocycles. The molecular formula is C20H24O7S. The SMILES string of the molecule is C[S@@](=O)C[C@](C)(O)[C@@H]1OC(=O)C=C2[C@@]13O[C@@H]3[C@H]1OC(=O)[C@@]3(C)C=CC[C@@]2(C)[C@@H]13. The van der Waals surface area contributed by atoms with E-state index in [0.29, 0.717) is 6.42 Å². The molecule has 0 unspecified atom stereocenters. The number of rotatable bonds is 3. The number of fused-ring (bicyclic) bond motifs is 2. The Balaban J connectivity index is 1.68. The molecule has 0 amide bonds. The summed E-state index contributed by atoms with van der Waals surface area (Å²) >= 11 is 0. The second kappa shape index (κ2) is 5.15. The molecule has 7 nitrogen and oxygen atoms in total. The quantitative estimate of drug-likeness (QED) is 0.415. The number of carbonyl (C=O) groups is 2. The van der Waals surface area contributed by atoms with Crippen molar-refractivity contribution >= 4 is 22.7 Å². The minimum atomic E-state index is -1.55. The van der Waals surface area contributed by atoms with Crippen LogP contribution in [0.2, 0.25) is 0 Å². The molecule has 3 aliphatic heterocycles. The molecular weight excluding hydrogens is 384 g/mol. The first-order valence-corrected chi connectivity index (χ1v) is 11.2. The molecule has 3 fully saturated rings. The maximum Gasteiger partial charge on any atom is 0.331 e. The molecule has 28 heavy (non-hydrogen) atoms. The van der Waals surface area contributed by atoms with Gasteiger partial charge < -0.3 is 19.3 Å². The first kappa shape index (κ1) is 18.5. The lowest BCUT2D eigenvalue weighted by molar-refractivity contribution is -0.168. The van der Waals surface area contributed by atoms with Crippen molar-refractivity contribution in [2.45, 2.75) is 56.7 Å². The summed E-state index contributed by atoms with van der Waals surface area (Å²) in [5, 5.41) is 11.1. The number of hydrogen-bond acceptors (Lipinski definition) is 7. The Morgan fingerprint density at radius 3 is 2.71 bits per heavy atom. The molecule has 3 heterocycles. The van der Waals surface area contributed by atoms with Crippen LogP contribution in [0.25, 0.3) is 0 Å². The Labute approximate surface area is 165 Å². The van der Waals surface area contributed by atoms with Crippen LogP contribution in [-0.4, -0.2) is 62.8 Å². The number of esters is 2. The van der Waals surface area contributed by atoms with Gasteiger partial charge in [-0.1, -0.05) is 19.1 Å². The fourth-order valence-corrected chi connectivity index (χ4v) is 7.36. The molecule has 0 radical (unpaired) electrons. The van der Waals surface area contributed by atoms with Crippen molar-refractivity contribution in [1.29, 1.82) is 0 Å². The molecule has 5 aliphatic rings. The lowest BCUT2D eigenvalue weighted by atomic mass is 9.49. The number of cyclic esters (lactones) is 1. The molecule has 5 rings (SSSR count). The predicted molar refractivity (Wildman–Crippen MR) is 98.5 cm³/mol. The number of carbonyl (C=O) groups excluding carboxylic acids is 2. The third-order valence-corrected chi connectivity index (χ3v) is 8.31. The molecule has 152 valence electrons. The summed E-state index contributed by atoms with van der Waals surface area (Å²) in [6, 6.07) is 0. The minimum absolute atomic E-state index is 0.0573. The van der Waals surface area contributed by atoms with E-state index in [1.807, 2.05) is 26.0 Å². The highest BCUT2D eigenvalue weighted by molar-refractivity contribution is 7.84. The van der Waals surface area contributed by atoms with Gasteiger partial charge in [-0.15, -0.1) is 0 Å². The molecule has 0 aromatic rings. The zero-order chi connectivity index (χ0) is 20.3. The first-order valence-electron chi connectivity index (χ1n) is 9.49. The van der Waals surface area contributed by atoms with Crippen molar-refractivity contribution in [3.05, 3.63) is 23.8 Å². The second-order valence-electron chi connectivity index (χ2n) is 9.44. The summed E-state index contributed by atoms with van der Waals surface area (Å²) in [4.78, 5) is 25.2. The number of hydrogen-bond donors (Lipinski definition) is 1. The highest BCUT2D eigenvalue weighted by Crippen LogP contribution is 2.72. The Morgan fingerprint density at radius 2 is 2.04 bits per heavy atom. The van der Waals surface area contributed by atoms with E-state index in [1.54, 1.807) is 0 Å². The lowest BCUT2D eigenvalue weighted by Gasteiger charge is -2.53. The van der Waals surface area contributed by atoms with Gasteiger partial charge in [-0.25, -0.2) is 4.79 Å². The Hall–Kier alpha value is -1.51. The van der Waals surface area contributed by atoms with E-state index >= 15 is 0 Å². The summed E-state index contributed by atoms with van der Waals surface area (Å²) in [6.45, 7) is 5.42. The van der Waals surface area contributed by atoms with Gasteiger partial charge in [0.1, 0.15) is 17.8 Å². The number of aliphatic hydroxyl groups is 1. The largest absolute Gasteiger partial charge is 0.458 e. The average molecular weight is 408 g/mol. The minimum Gasteiger partial charge on any atom is -0.458 e. The van der Waals surface area contributed by atoms with Crippen LogP contribution in [-0.2, 0) is 34.6 Å². The summed E-state index contributed by atoms with van der Waals surface area (Å²) in [5.74, 6) is -1.07. The molecule has 1 N–H and O–H groups in total.